The number of sulfonamides is 1. The number of fused-ring (bicyclic) bond motifs is 2. The van der Waals surface area contributed by atoms with Gasteiger partial charge >= 0.3 is 0 Å². The lowest BCUT2D eigenvalue weighted by atomic mass is 10.1. The number of phenols is 1. The Balaban J connectivity index is 1.63. The molecule has 162 valence electrons. The molecule has 4 aromatic rings. The van der Waals surface area contributed by atoms with Crippen molar-refractivity contribution in [2.45, 2.75) is 18.9 Å². The predicted molar refractivity (Wildman–Crippen MR) is 117 cm³/mol. The number of aromatic amines is 1. The zero-order valence-corrected chi connectivity index (χ0v) is 18.1. The van der Waals surface area contributed by atoms with Crippen LogP contribution in [-0.4, -0.2) is 56.9 Å². The highest BCUT2D eigenvalue weighted by molar-refractivity contribution is 7.88. The fourth-order valence-corrected chi connectivity index (χ4v) is 5.15. The highest BCUT2D eigenvalue weighted by Gasteiger charge is 2.31. The molecule has 0 saturated carbocycles. The Bertz CT molecular complexity index is 1420. The van der Waals surface area contributed by atoms with Crippen molar-refractivity contribution in [1.29, 1.82) is 0 Å². The maximum absolute atomic E-state index is 11.9. The molecule has 3 aromatic heterocycles. The van der Waals surface area contributed by atoms with Crippen molar-refractivity contribution in [2.75, 3.05) is 25.1 Å². The second-order valence-electron chi connectivity index (χ2n) is 8.08. The first-order valence-electron chi connectivity index (χ1n) is 10.0. The van der Waals surface area contributed by atoms with Crippen molar-refractivity contribution in [3.63, 3.8) is 0 Å². The number of aryl methyl sites for hydroxylation is 1. The van der Waals surface area contributed by atoms with Gasteiger partial charge in [-0.1, -0.05) is 4.98 Å². The summed E-state index contributed by atoms with van der Waals surface area (Å²) in [6.45, 7) is 0.893. The Labute approximate surface area is 179 Å². The van der Waals surface area contributed by atoms with Crippen LogP contribution < -0.4 is 10.3 Å². The summed E-state index contributed by atoms with van der Waals surface area (Å²) in [5.41, 5.74) is 9.43. The Kier molecular flexibility index (Phi) is 4.41. The highest BCUT2D eigenvalue weighted by atomic mass is 32.2. The van der Waals surface area contributed by atoms with E-state index >= 15 is 0 Å². The number of aromatic nitrogens is 5. The van der Waals surface area contributed by atoms with Gasteiger partial charge in [0.2, 0.25) is 27.8 Å². The second kappa shape index (κ2) is 6.92. The van der Waals surface area contributed by atoms with Gasteiger partial charge in [0.25, 0.3) is 0 Å². The molecule has 0 atom stereocenters. The average molecular weight is 443 g/mol. The number of nitrogen functional groups attached to an aromatic ring is 1. The molecular weight excluding hydrogens is 418 g/mol. The molecule has 0 unspecified atom stereocenters. The third-order valence-corrected chi connectivity index (χ3v) is 7.28. The number of H-pyrrole nitrogens is 1. The summed E-state index contributed by atoms with van der Waals surface area (Å²) < 4.78 is 28.9. The van der Waals surface area contributed by atoms with Crippen molar-refractivity contribution in [1.82, 2.24) is 24.1 Å². The minimum atomic E-state index is -3.20. The monoisotopic (exact) mass is 442 g/mol. The number of phenolic OH excluding ortho intramolecular Hbond substituents is 1. The SMILES string of the molecule is C[n+]1cnc2c(c(-c3cc4cc(O)ccc4[nH]3)nn2C2CCN(S(C)(=O)=O)CC2)c1N. The summed E-state index contributed by atoms with van der Waals surface area (Å²) in [6.07, 6.45) is 4.19. The molecule has 4 heterocycles. The lowest BCUT2D eigenvalue weighted by Gasteiger charge is -2.30. The molecule has 5 rings (SSSR count). The molecular formula is C20H24N7O3S+. The molecule has 0 aliphatic carbocycles. The van der Waals surface area contributed by atoms with E-state index in [0.717, 1.165) is 22.0 Å². The van der Waals surface area contributed by atoms with Gasteiger partial charge in [0.15, 0.2) is 0 Å². The van der Waals surface area contributed by atoms with E-state index in [2.05, 4.69) is 9.97 Å². The van der Waals surface area contributed by atoms with Gasteiger partial charge in [-0.2, -0.15) is 5.10 Å². The number of nitrogens with zero attached hydrogens (tertiary/aromatic N) is 5. The number of benzene rings is 1. The third-order valence-electron chi connectivity index (χ3n) is 5.97. The van der Waals surface area contributed by atoms with Gasteiger partial charge in [0, 0.05) is 24.0 Å². The van der Waals surface area contributed by atoms with Gasteiger partial charge < -0.3 is 15.8 Å². The molecule has 1 aliphatic rings. The van der Waals surface area contributed by atoms with Gasteiger partial charge in [0.05, 0.1) is 25.0 Å². The largest absolute Gasteiger partial charge is 0.508 e. The molecule has 10 nitrogen and oxygen atoms in total. The number of piperidine rings is 1. The van der Waals surface area contributed by atoms with E-state index in [1.807, 2.05) is 23.9 Å². The van der Waals surface area contributed by atoms with Crippen LogP contribution in [0.15, 0.2) is 30.6 Å². The maximum atomic E-state index is 11.9. The molecule has 1 aromatic carbocycles. The quantitative estimate of drug-likeness (QED) is 0.409. The van der Waals surface area contributed by atoms with Crippen LogP contribution in [0, 0.1) is 0 Å². The molecule has 1 fully saturated rings. The second-order valence-corrected chi connectivity index (χ2v) is 10.1. The molecule has 0 spiro atoms. The molecule has 1 aliphatic heterocycles. The molecule has 1 saturated heterocycles. The fraction of sp³-hybridized carbons (Fsp3) is 0.350. The zero-order valence-electron chi connectivity index (χ0n) is 17.3. The number of rotatable bonds is 3. The van der Waals surface area contributed by atoms with E-state index in [1.54, 1.807) is 23.0 Å². The van der Waals surface area contributed by atoms with Crippen molar-refractivity contribution in [3.05, 3.63) is 30.6 Å². The molecule has 4 N–H and O–H groups in total. The van der Waals surface area contributed by atoms with Crippen LogP contribution >= 0.6 is 0 Å². The third kappa shape index (κ3) is 3.29. The topological polar surface area (TPSA) is 134 Å². The van der Waals surface area contributed by atoms with E-state index in [1.165, 1.54) is 10.6 Å². The highest BCUT2D eigenvalue weighted by Crippen LogP contribution is 2.35. The van der Waals surface area contributed by atoms with Crippen molar-refractivity contribution in [2.24, 2.45) is 7.05 Å². The predicted octanol–water partition coefficient (Wildman–Crippen LogP) is 1.29. The van der Waals surface area contributed by atoms with Crippen LogP contribution in [-0.2, 0) is 17.1 Å². The smallest absolute Gasteiger partial charge is 0.242 e. The maximum Gasteiger partial charge on any atom is 0.242 e. The van der Waals surface area contributed by atoms with E-state index < -0.39 is 10.0 Å². The van der Waals surface area contributed by atoms with Crippen LogP contribution in [0.3, 0.4) is 0 Å². The number of hydrogen-bond acceptors (Lipinski definition) is 6. The number of nitrogens with one attached hydrogen (secondary N) is 1. The minimum Gasteiger partial charge on any atom is -0.508 e. The summed E-state index contributed by atoms with van der Waals surface area (Å²) >= 11 is 0. The molecule has 11 heteroatoms. The van der Waals surface area contributed by atoms with Crippen LogP contribution in [0.25, 0.3) is 33.3 Å². The van der Waals surface area contributed by atoms with E-state index in [4.69, 9.17) is 10.8 Å². The average Bonchev–Trinajstić information content (AvgIpc) is 3.31. The van der Waals surface area contributed by atoms with Crippen molar-refractivity contribution < 1.29 is 18.1 Å². The van der Waals surface area contributed by atoms with Gasteiger partial charge in [-0.05, 0) is 37.1 Å². The summed E-state index contributed by atoms with van der Waals surface area (Å²) in [5.74, 6) is 0.736. The number of anilines is 1. The van der Waals surface area contributed by atoms with Gasteiger partial charge in [-0.15, -0.1) is 0 Å². The standard InChI is InChI=1S/C20H23N7O3S/c1-25-11-22-20-17(19(25)21)18(16-10-12-9-14(28)3-4-15(12)23-16)24-27(20)13-5-7-26(8-6-13)31(2,29)30/h3-4,9-11,13,21H,5-8H2,1-2H3,(H2,23,24,28)/p+1. The summed E-state index contributed by atoms with van der Waals surface area (Å²) in [4.78, 5) is 7.95. The lowest BCUT2D eigenvalue weighted by Crippen LogP contribution is -2.38. The number of nitrogens with two attached hydrogens (primary N) is 1. The Morgan fingerprint density at radius 3 is 2.71 bits per heavy atom. The van der Waals surface area contributed by atoms with Crippen LogP contribution in [0.5, 0.6) is 5.75 Å². The summed E-state index contributed by atoms with van der Waals surface area (Å²) in [5, 5.41) is 16.3. The molecule has 0 bridgehead atoms. The Morgan fingerprint density at radius 1 is 1.26 bits per heavy atom. The minimum absolute atomic E-state index is 0.0160. The van der Waals surface area contributed by atoms with Gasteiger partial charge in [-0.25, -0.2) is 22.0 Å². The molecule has 31 heavy (non-hydrogen) atoms. The molecule has 0 amide bonds. The van der Waals surface area contributed by atoms with Crippen molar-refractivity contribution in [3.8, 4) is 17.1 Å². The number of aromatic hydroxyl groups is 1. The van der Waals surface area contributed by atoms with Crippen LogP contribution in [0.2, 0.25) is 0 Å². The fourth-order valence-electron chi connectivity index (χ4n) is 4.27. The molecule has 0 radical (unpaired) electrons. The first kappa shape index (κ1) is 19.8. The Hall–Kier alpha value is -3.18. The van der Waals surface area contributed by atoms with Gasteiger partial charge in [0.1, 0.15) is 16.8 Å². The summed E-state index contributed by atoms with van der Waals surface area (Å²) in [6, 6.07) is 7.08. The lowest BCUT2D eigenvalue weighted by molar-refractivity contribution is -0.658. The zero-order chi connectivity index (χ0) is 21.9. The van der Waals surface area contributed by atoms with Crippen LogP contribution in [0.1, 0.15) is 18.9 Å². The summed E-state index contributed by atoms with van der Waals surface area (Å²) in [7, 11) is -1.37. The first-order chi connectivity index (χ1) is 14.7. The van der Waals surface area contributed by atoms with E-state index in [-0.39, 0.29) is 11.8 Å². The van der Waals surface area contributed by atoms with E-state index in [0.29, 0.717) is 43.1 Å². The van der Waals surface area contributed by atoms with E-state index in [9.17, 15) is 13.5 Å². The van der Waals surface area contributed by atoms with Crippen LogP contribution in [0.4, 0.5) is 5.82 Å². The first-order valence-corrected chi connectivity index (χ1v) is 11.9. The Morgan fingerprint density at radius 2 is 2.00 bits per heavy atom. The van der Waals surface area contributed by atoms with Crippen molar-refractivity contribution >= 4 is 37.8 Å². The number of hydrogen-bond donors (Lipinski definition) is 3. The normalized spacial score (nSPS) is 16.5. The van der Waals surface area contributed by atoms with Gasteiger partial charge in [-0.3, -0.25) is 0 Å².